The van der Waals surface area contributed by atoms with E-state index in [4.69, 9.17) is 9.47 Å². The zero-order chi connectivity index (χ0) is 23.3. The molecular formula is C28H52O4. The van der Waals surface area contributed by atoms with Gasteiger partial charge in [0.25, 0.3) is 0 Å². The highest BCUT2D eigenvalue weighted by molar-refractivity contribution is 5.70. The molecule has 4 heteroatoms. The van der Waals surface area contributed by atoms with Crippen LogP contribution in [0.1, 0.15) is 149 Å². The van der Waals surface area contributed by atoms with E-state index in [9.17, 15) is 9.59 Å². The molecule has 0 heterocycles. The lowest BCUT2D eigenvalue weighted by Gasteiger charge is -2.28. The van der Waals surface area contributed by atoms with Crippen LogP contribution in [0.4, 0.5) is 0 Å². The van der Waals surface area contributed by atoms with Gasteiger partial charge in [-0.05, 0) is 44.4 Å². The fourth-order valence-corrected chi connectivity index (χ4v) is 4.60. The molecule has 0 spiro atoms. The van der Waals surface area contributed by atoms with Gasteiger partial charge in [-0.2, -0.15) is 0 Å². The average Bonchev–Trinajstić information content (AvgIpc) is 2.78. The molecule has 1 fully saturated rings. The van der Waals surface area contributed by atoms with E-state index in [1.165, 1.54) is 77.0 Å². The maximum atomic E-state index is 12.0. The van der Waals surface area contributed by atoms with Crippen LogP contribution in [0.15, 0.2) is 0 Å². The van der Waals surface area contributed by atoms with E-state index >= 15 is 0 Å². The van der Waals surface area contributed by atoms with Crippen LogP contribution in [0.5, 0.6) is 0 Å². The molecule has 0 aromatic heterocycles. The van der Waals surface area contributed by atoms with Crippen molar-refractivity contribution in [3.05, 3.63) is 0 Å². The molecule has 1 saturated carbocycles. The van der Waals surface area contributed by atoms with Crippen molar-refractivity contribution in [2.45, 2.75) is 155 Å². The summed E-state index contributed by atoms with van der Waals surface area (Å²) in [6.07, 6.45) is 24.0. The zero-order valence-electron chi connectivity index (χ0n) is 21.3. The molecule has 0 saturated heterocycles. The first kappa shape index (κ1) is 29.0. The number of rotatable bonds is 20. The zero-order valence-corrected chi connectivity index (χ0v) is 21.3. The summed E-state index contributed by atoms with van der Waals surface area (Å²) in [5.74, 6) is 0.245. The summed E-state index contributed by atoms with van der Waals surface area (Å²) in [6, 6.07) is 0. The van der Waals surface area contributed by atoms with Gasteiger partial charge in [-0.15, -0.1) is 0 Å². The maximum Gasteiger partial charge on any atom is 0.306 e. The molecule has 0 aromatic carbocycles. The lowest BCUT2D eigenvalue weighted by molar-refractivity contribution is -0.153. The molecular weight excluding hydrogens is 400 g/mol. The van der Waals surface area contributed by atoms with E-state index in [2.05, 4.69) is 13.8 Å². The van der Waals surface area contributed by atoms with Crippen LogP contribution in [0.2, 0.25) is 0 Å². The highest BCUT2D eigenvalue weighted by atomic mass is 16.5. The first-order valence-corrected chi connectivity index (χ1v) is 14.0. The predicted molar refractivity (Wildman–Crippen MR) is 133 cm³/mol. The van der Waals surface area contributed by atoms with E-state index in [1.807, 2.05) is 0 Å². The van der Waals surface area contributed by atoms with Crippen LogP contribution >= 0.6 is 0 Å². The second-order valence-corrected chi connectivity index (χ2v) is 9.96. The molecule has 32 heavy (non-hydrogen) atoms. The van der Waals surface area contributed by atoms with Gasteiger partial charge >= 0.3 is 11.9 Å². The Morgan fingerprint density at radius 2 is 1.16 bits per heavy atom. The molecule has 188 valence electrons. The summed E-state index contributed by atoms with van der Waals surface area (Å²) in [6.45, 7) is 4.98. The van der Waals surface area contributed by atoms with Gasteiger partial charge in [0.1, 0.15) is 6.10 Å². The standard InChI is InChI=1S/C28H52O4/c1-3-4-5-6-7-8-9-10-11-12-13-14-19-24-31-27(29)22-17-18-23-28(30)32-26-21-16-15-20-25(26)2/h25-26H,3-24H2,1-2H3. The van der Waals surface area contributed by atoms with Crippen molar-refractivity contribution < 1.29 is 19.1 Å². The van der Waals surface area contributed by atoms with Gasteiger partial charge in [-0.3, -0.25) is 9.59 Å². The van der Waals surface area contributed by atoms with E-state index in [1.54, 1.807) is 0 Å². The van der Waals surface area contributed by atoms with Gasteiger partial charge in [0, 0.05) is 12.8 Å². The monoisotopic (exact) mass is 452 g/mol. The van der Waals surface area contributed by atoms with Crippen molar-refractivity contribution >= 4 is 11.9 Å². The van der Waals surface area contributed by atoms with Crippen molar-refractivity contribution in [1.82, 2.24) is 0 Å². The van der Waals surface area contributed by atoms with Crippen LogP contribution in [0.3, 0.4) is 0 Å². The minimum Gasteiger partial charge on any atom is -0.466 e. The van der Waals surface area contributed by atoms with Gasteiger partial charge in [-0.1, -0.05) is 97.3 Å². The Morgan fingerprint density at radius 3 is 1.72 bits per heavy atom. The molecule has 0 N–H and O–H groups in total. The summed E-state index contributed by atoms with van der Waals surface area (Å²) < 4.78 is 10.9. The van der Waals surface area contributed by atoms with Gasteiger partial charge in [-0.25, -0.2) is 0 Å². The molecule has 2 atom stereocenters. The van der Waals surface area contributed by atoms with Crippen molar-refractivity contribution in [2.75, 3.05) is 6.61 Å². The molecule has 2 unspecified atom stereocenters. The summed E-state index contributed by atoms with van der Waals surface area (Å²) in [5.41, 5.74) is 0. The third-order valence-electron chi connectivity index (χ3n) is 6.84. The second kappa shape index (κ2) is 20.5. The fraction of sp³-hybridized carbons (Fsp3) is 0.929. The Labute approximate surface area is 198 Å². The van der Waals surface area contributed by atoms with Crippen LogP contribution in [0, 0.1) is 5.92 Å². The number of hydrogen-bond donors (Lipinski definition) is 0. The number of carbonyl (C=O) groups is 2. The van der Waals surface area contributed by atoms with Crippen molar-refractivity contribution in [3.63, 3.8) is 0 Å². The first-order valence-electron chi connectivity index (χ1n) is 14.0. The highest BCUT2D eigenvalue weighted by Crippen LogP contribution is 2.26. The SMILES string of the molecule is CCCCCCCCCCCCCCCOC(=O)CCCCC(=O)OC1CCCCC1C. The predicted octanol–water partition coefficient (Wildman–Crippen LogP) is 8.30. The molecule has 0 aromatic rings. The van der Waals surface area contributed by atoms with Crippen LogP contribution in [-0.2, 0) is 19.1 Å². The van der Waals surface area contributed by atoms with Gasteiger partial charge < -0.3 is 9.47 Å². The van der Waals surface area contributed by atoms with Crippen molar-refractivity contribution in [1.29, 1.82) is 0 Å². The quantitative estimate of drug-likeness (QED) is 0.138. The third-order valence-corrected chi connectivity index (χ3v) is 6.84. The minimum atomic E-state index is -0.127. The van der Waals surface area contributed by atoms with Crippen molar-refractivity contribution in [2.24, 2.45) is 5.92 Å². The summed E-state index contributed by atoms with van der Waals surface area (Å²) in [7, 11) is 0. The Hall–Kier alpha value is -1.06. The second-order valence-electron chi connectivity index (χ2n) is 9.96. The van der Waals surface area contributed by atoms with Gasteiger partial charge in [0.15, 0.2) is 0 Å². The van der Waals surface area contributed by atoms with Crippen LogP contribution < -0.4 is 0 Å². The van der Waals surface area contributed by atoms with E-state index < -0.39 is 0 Å². The van der Waals surface area contributed by atoms with Gasteiger partial charge in [0.05, 0.1) is 6.61 Å². The molecule has 1 aliphatic rings. The molecule has 0 aliphatic heterocycles. The Kier molecular flexibility index (Phi) is 18.6. The van der Waals surface area contributed by atoms with Gasteiger partial charge in [0.2, 0.25) is 0 Å². The normalized spacial score (nSPS) is 18.4. The lowest BCUT2D eigenvalue weighted by atomic mass is 9.88. The summed E-state index contributed by atoms with van der Waals surface area (Å²) >= 11 is 0. The molecule has 0 radical (unpaired) electrons. The largest absolute Gasteiger partial charge is 0.466 e. The van der Waals surface area contributed by atoms with Crippen LogP contribution in [-0.4, -0.2) is 24.6 Å². The topological polar surface area (TPSA) is 52.6 Å². The lowest BCUT2D eigenvalue weighted by Crippen LogP contribution is -2.28. The molecule has 0 amide bonds. The summed E-state index contributed by atoms with van der Waals surface area (Å²) in [4.78, 5) is 23.8. The number of hydrogen-bond acceptors (Lipinski definition) is 4. The molecule has 4 nitrogen and oxygen atoms in total. The number of unbranched alkanes of at least 4 members (excludes halogenated alkanes) is 13. The first-order chi connectivity index (χ1) is 15.6. The maximum absolute atomic E-state index is 12.0. The minimum absolute atomic E-state index is 0.0986. The van der Waals surface area contributed by atoms with Crippen molar-refractivity contribution in [3.8, 4) is 0 Å². The number of esters is 2. The third kappa shape index (κ3) is 16.6. The average molecular weight is 453 g/mol. The fourth-order valence-electron chi connectivity index (χ4n) is 4.60. The van der Waals surface area contributed by atoms with Crippen LogP contribution in [0.25, 0.3) is 0 Å². The summed E-state index contributed by atoms with van der Waals surface area (Å²) in [5, 5.41) is 0. The van der Waals surface area contributed by atoms with E-state index in [-0.39, 0.29) is 18.0 Å². The number of carbonyl (C=O) groups excluding carboxylic acids is 2. The highest BCUT2D eigenvalue weighted by Gasteiger charge is 2.24. The van der Waals surface area contributed by atoms with E-state index in [0.29, 0.717) is 38.2 Å². The Balaban J connectivity index is 1.81. The smallest absolute Gasteiger partial charge is 0.306 e. The molecule has 0 bridgehead atoms. The Morgan fingerprint density at radius 1 is 0.656 bits per heavy atom. The Bertz CT molecular complexity index is 462. The van der Waals surface area contributed by atoms with E-state index in [0.717, 1.165) is 32.1 Å². The molecule has 1 aliphatic carbocycles. The number of ether oxygens (including phenoxy) is 2. The molecule has 1 rings (SSSR count).